The van der Waals surface area contributed by atoms with E-state index in [4.69, 9.17) is 0 Å². The highest BCUT2D eigenvalue weighted by molar-refractivity contribution is 5.82. The predicted octanol–water partition coefficient (Wildman–Crippen LogP) is 2.49. The molecular formula is C20H27FN2O2. The van der Waals surface area contributed by atoms with E-state index in [2.05, 4.69) is 5.32 Å². The third kappa shape index (κ3) is 3.32. The molecule has 1 aromatic carbocycles. The monoisotopic (exact) mass is 346 g/mol. The second-order valence-electron chi connectivity index (χ2n) is 8.03. The van der Waals surface area contributed by atoms with Crippen LogP contribution in [0.2, 0.25) is 0 Å². The van der Waals surface area contributed by atoms with Crippen LogP contribution in [0.4, 0.5) is 4.39 Å². The molecule has 0 radical (unpaired) electrons. The summed E-state index contributed by atoms with van der Waals surface area (Å²) in [6.07, 6.45) is 4.37. The molecule has 136 valence electrons. The van der Waals surface area contributed by atoms with E-state index in [0.29, 0.717) is 5.91 Å². The van der Waals surface area contributed by atoms with Gasteiger partial charge in [-0.25, -0.2) is 4.39 Å². The van der Waals surface area contributed by atoms with Crippen LogP contribution in [0.25, 0.3) is 0 Å². The maximum Gasteiger partial charge on any atom is 0.226 e. The number of carbonyl (C=O) groups excluding carboxylic acids is 1. The number of carbonyl (C=O) groups is 1. The summed E-state index contributed by atoms with van der Waals surface area (Å²) in [5.41, 5.74) is 1.05. The van der Waals surface area contributed by atoms with Gasteiger partial charge in [0.2, 0.25) is 5.91 Å². The summed E-state index contributed by atoms with van der Waals surface area (Å²) in [4.78, 5) is 14.8. The number of aliphatic hydroxyl groups excluding tert-OH is 1. The second-order valence-corrected chi connectivity index (χ2v) is 8.03. The summed E-state index contributed by atoms with van der Waals surface area (Å²) >= 11 is 0. The quantitative estimate of drug-likeness (QED) is 0.884. The van der Waals surface area contributed by atoms with Crippen molar-refractivity contribution in [3.8, 4) is 0 Å². The molecule has 2 N–H and O–H groups in total. The molecule has 3 aliphatic rings. The number of nitrogens with one attached hydrogen (secondary N) is 1. The minimum Gasteiger partial charge on any atom is -0.388 e. The van der Waals surface area contributed by atoms with Crippen LogP contribution in [-0.4, -0.2) is 42.1 Å². The Kier molecular flexibility index (Phi) is 4.54. The number of piperidine rings is 2. The minimum atomic E-state index is -0.575. The van der Waals surface area contributed by atoms with Crippen LogP contribution >= 0.6 is 0 Å². The zero-order chi connectivity index (χ0) is 17.4. The fourth-order valence-corrected chi connectivity index (χ4v) is 4.76. The Morgan fingerprint density at radius 3 is 2.48 bits per heavy atom. The summed E-state index contributed by atoms with van der Waals surface area (Å²) in [6.45, 7) is 3.53. The molecule has 5 heteroatoms. The van der Waals surface area contributed by atoms with Crippen molar-refractivity contribution in [1.29, 1.82) is 0 Å². The molecule has 0 bridgehead atoms. The van der Waals surface area contributed by atoms with Gasteiger partial charge in [0.05, 0.1) is 6.10 Å². The van der Waals surface area contributed by atoms with Gasteiger partial charge in [-0.1, -0.05) is 12.1 Å². The summed E-state index contributed by atoms with van der Waals surface area (Å²) in [6, 6.07) is 6.09. The van der Waals surface area contributed by atoms with Crippen LogP contribution in [0.3, 0.4) is 0 Å². The van der Waals surface area contributed by atoms with Gasteiger partial charge in [0.15, 0.2) is 0 Å². The molecule has 1 saturated carbocycles. The van der Waals surface area contributed by atoms with E-state index in [9.17, 15) is 14.3 Å². The molecule has 2 saturated heterocycles. The largest absolute Gasteiger partial charge is 0.388 e. The van der Waals surface area contributed by atoms with Gasteiger partial charge in [-0.15, -0.1) is 0 Å². The summed E-state index contributed by atoms with van der Waals surface area (Å²) in [7, 11) is 0. The average molecular weight is 346 g/mol. The van der Waals surface area contributed by atoms with E-state index in [1.54, 1.807) is 12.1 Å². The molecule has 25 heavy (non-hydrogen) atoms. The van der Waals surface area contributed by atoms with E-state index in [0.717, 1.165) is 63.8 Å². The number of likely N-dealkylation sites (tertiary alicyclic amines) is 1. The van der Waals surface area contributed by atoms with Crippen molar-refractivity contribution in [3.05, 3.63) is 35.6 Å². The summed E-state index contributed by atoms with van der Waals surface area (Å²) in [5.74, 6) is 0.416. The lowest BCUT2D eigenvalue weighted by atomic mass is 9.87. The van der Waals surface area contributed by atoms with Crippen LogP contribution in [-0.2, 0) is 4.79 Å². The van der Waals surface area contributed by atoms with Gasteiger partial charge in [0.25, 0.3) is 0 Å². The lowest BCUT2D eigenvalue weighted by Gasteiger charge is -2.35. The normalized spacial score (nSPS) is 27.3. The number of hydrogen-bond donors (Lipinski definition) is 2. The Labute approximate surface area is 148 Å². The molecule has 1 aromatic rings. The molecule has 2 atom stereocenters. The van der Waals surface area contributed by atoms with Crippen LogP contribution in [0, 0.1) is 23.1 Å². The maximum atomic E-state index is 13.0. The zero-order valence-electron chi connectivity index (χ0n) is 14.6. The van der Waals surface area contributed by atoms with Crippen molar-refractivity contribution in [3.63, 3.8) is 0 Å². The van der Waals surface area contributed by atoms with Crippen LogP contribution in [0.1, 0.15) is 43.8 Å². The fourth-order valence-electron chi connectivity index (χ4n) is 4.76. The Morgan fingerprint density at radius 1 is 1.20 bits per heavy atom. The third-order valence-electron chi connectivity index (χ3n) is 6.60. The maximum absolute atomic E-state index is 13.0. The standard InChI is InChI=1S/C20H27FN2O2/c21-16-3-1-14(2-4-16)18(24)15-5-11-23(12-6-15)19(25)17-13-20(17)7-9-22-10-8-20/h1-4,15,17-18,22,24H,5-13H2. The van der Waals surface area contributed by atoms with E-state index in [-0.39, 0.29) is 23.1 Å². The van der Waals surface area contributed by atoms with Crippen molar-refractivity contribution in [2.75, 3.05) is 26.2 Å². The summed E-state index contributed by atoms with van der Waals surface area (Å²) in [5, 5.41) is 13.9. The minimum absolute atomic E-state index is 0.140. The first kappa shape index (κ1) is 17.0. The van der Waals surface area contributed by atoms with Crippen molar-refractivity contribution in [1.82, 2.24) is 10.2 Å². The third-order valence-corrected chi connectivity index (χ3v) is 6.60. The first-order valence-electron chi connectivity index (χ1n) is 9.52. The Morgan fingerprint density at radius 2 is 1.84 bits per heavy atom. The smallest absolute Gasteiger partial charge is 0.226 e. The van der Waals surface area contributed by atoms with Crippen molar-refractivity contribution in [2.45, 2.75) is 38.2 Å². The number of benzene rings is 1. The van der Waals surface area contributed by atoms with Gasteiger partial charge >= 0.3 is 0 Å². The number of hydrogen-bond acceptors (Lipinski definition) is 3. The van der Waals surface area contributed by atoms with E-state index in [1.165, 1.54) is 12.1 Å². The Balaban J connectivity index is 1.31. The van der Waals surface area contributed by atoms with E-state index < -0.39 is 6.10 Å². The Hall–Kier alpha value is -1.46. The molecule has 0 aromatic heterocycles. The first-order valence-corrected chi connectivity index (χ1v) is 9.52. The number of nitrogens with zero attached hydrogens (tertiary/aromatic N) is 1. The van der Waals surface area contributed by atoms with Crippen LogP contribution in [0.15, 0.2) is 24.3 Å². The molecule has 1 spiro atoms. The molecule has 2 heterocycles. The number of amides is 1. The first-order chi connectivity index (χ1) is 12.1. The highest BCUT2D eigenvalue weighted by Crippen LogP contribution is 2.59. The van der Waals surface area contributed by atoms with Crippen molar-refractivity contribution in [2.24, 2.45) is 17.3 Å². The molecular weight excluding hydrogens is 319 g/mol. The zero-order valence-corrected chi connectivity index (χ0v) is 14.6. The lowest BCUT2D eigenvalue weighted by molar-refractivity contribution is -0.135. The SMILES string of the molecule is O=C(C1CC12CCNCC2)N1CCC(C(O)c2ccc(F)cc2)CC1. The van der Waals surface area contributed by atoms with E-state index in [1.807, 2.05) is 4.90 Å². The second kappa shape index (κ2) is 6.69. The predicted molar refractivity (Wildman–Crippen MR) is 93.3 cm³/mol. The molecule has 3 fully saturated rings. The molecule has 1 amide bonds. The number of halogens is 1. The van der Waals surface area contributed by atoms with Gasteiger partial charge in [0, 0.05) is 19.0 Å². The van der Waals surface area contributed by atoms with Gasteiger partial charge in [0.1, 0.15) is 5.82 Å². The molecule has 1 aliphatic carbocycles. The molecule has 2 aliphatic heterocycles. The Bertz CT molecular complexity index is 619. The molecule has 4 nitrogen and oxygen atoms in total. The van der Waals surface area contributed by atoms with Gasteiger partial charge in [-0.05, 0) is 74.2 Å². The number of aliphatic hydroxyl groups is 1. The topological polar surface area (TPSA) is 52.6 Å². The van der Waals surface area contributed by atoms with Crippen LogP contribution < -0.4 is 5.32 Å². The van der Waals surface area contributed by atoms with E-state index >= 15 is 0 Å². The van der Waals surface area contributed by atoms with Crippen LogP contribution in [0.5, 0.6) is 0 Å². The summed E-state index contributed by atoms with van der Waals surface area (Å²) < 4.78 is 13.0. The van der Waals surface area contributed by atoms with Gasteiger partial charge in [-0.2, -0.15) is 0 Å². The average Bonchev–Trinajstić information content (AvgIpc) is 3.34. The molecule has 4 rings (SSSR count). The lowest BCUT2D eigenvalue weighted by Crippen LogP contribution is -2.42. The fraction of sp³-hybridized carbons (Fsp3) is 0.650. The van der Waals surface area contributed by atoms with Gasteiger partial charge in [-0.3, -0.25) is 4.79 Å². The number of rotatable bonds is 3. The highest BCUT2D eigenvalue weighted by Gasteiger charge is 2.58. The molecule has 2 unspecified atom stereocenters. The van der Waals surface area contributed by atoms with Crippen molar-refractivity contribution >= 4 is 5.91 Å². The van der Waals surface area contributed by atoms with Crippen molar-refractivity contribution < 1.29 is 14.3 Å². The highest BCUT2D eigenvalue weighted by atomic mass is 19.1. The van der Waals surface area contributed by atoms with Gasteiger partial charge < -0.3 is 15.3 Å².